The van der Waals surface area contributed by atoms with E-state index in [2.05, 4.69) is 5.32 Å². The van der Waals surface area contributed by atoms with Gasteiger partial charge in [0.15, 0.2) is 0 Å². The fraction of sp³-hybridized carbons (Fsp3) is 0.375. The first-order valence-corrected chi connectivity index (χ1v) is 15.4. The van der Waals surface area contributed by atoms with Crippen LogP contribution in [0, 0.1) is 26.7 Å². The second-order valence-electron chi connectivity index (χ2n) is 10.9. The average Bonchev–Trinajstić information content (AvgIpc) is 2.90. The van der Waals surface area contributed by atoms with Gasteiger partial charge in [0.05, 0.1) is 11.9 Å². The first kappa shape index (κ1) is 30.9. The zero-order valence-corrected chi connectivity index (χ0v) is 25.2. The molecule has 40 heavy (non-hydrogen) atoms. The molecule has 0 saturated carbocycles. The molecule has 0 saturated heterocycles. The summed E-state index contributed by atoms with van der Waals surface area (Å²) in [5, 5.41) is 3.00. The molecule has 3 aromatic carbocycles. The molecule has 0 aromatic heterocycles. The molecule has 0 aliphatic heterocycles. The van der Waals surface area contributed by atoms with E-state index < -0.39 is 28.5 Å². The SMILES string of the molecule is Cc1ccc(CN(C(=O)CN(c2ccc(C)c(C)c2)S(C)(=O)=O)C(Cc2ccccc2)C(=O)NCC(C)C)cc1. The van der Waals surface area contributed by atoms with Crippen molar-refractivity contribution in [1.29, 1.82) is 0 Å². The van der Waals surface area contributed by atoms with Crippen LogP contribution in [0.4, 0.5) is 5.69 Å². The van der Waals surface area contributed by atoms with Crippen molar-refractivity contribution >= 4 is 27.5 Å². The molecule has 8 heteroatoms. The summed E-state index contributed by atoms with van der Waals surface area (Å²) in [6, 6.07) is 21.8. The highest BCUT2D eigenvalue weighted by Gasteiger charge is 2.33. The summed E-state index contributed by atoms with van der Waals surface area (Å²) < 4.78 is 27.0. The summed E-state index contributed by atoms with van der Waals surface area (Å²) in [6.45, 7) is 10.1. The molecule has 214 valence electrons. The summed E-state index contributed by atoms with van der Waals surface area (Å²) >= 11 is 0. The van der Waals surface area contributed by atoms with Crippen LogP contribution in [-0.2, 0) is 32.6 Å². The van der Waals surface area contributed by atoms with Crippen molar-refractivity contribution in [2.24, 2.45) is 5.92 Å². The second kappa shape index (κ2) is 13.6. The average molecular weight is 564 g/mol. The summed E-state index contributed by atoms with van der Waals surface area (Å²) in [5.41, 5.74) is 5.20. The van der Waals surface area contributed by atoms with Gasteiger partial charge in [0, 0.05) is 19.5 Å². The van der Waals surface area contributed by atoms with Crippen LogP contribution in [0.2, 0.25) is 0 Å². The summed E-state index contributed by atoms with van der Waals surface area (Å²) in [4.78, 5) is 29.3. The summed E-state index contributed by atoms with van der Waals surface area (Å²) in [5.74, 6) is -0.493. The van der Waals surface area contributed by atoms with E-state index in [0.717, 1.165) is 38.4 Å². The van der Waals surface area contributed by atoms with Crippen molar-refractivity contribution in [3.63, 3.8) is 0 Å². The van der Waals surface area contributed by atoms with E-state index in [9.17, 15) is 18.0 Å². The fourth-order valence-electron chi connectivity index (χ4n) is 4.36. The molecule has 1 N–H and O–H groups in total. The lowest BCUT2D eigenvalue weighted by molar-refractivity contribution is -0.140. The van der Waals surface area contributed by atoms with Gasteiger partial charge in [0.25, 0.3) is 0 Å². The standard InChI is InChI=1S/C32H41N3O4S/c1-23(2)20-33-32(37)30(19-27-10-8-7-9-11-27)34(21-28-15-12-24(3)13-16-28)31(36)22-35(40(6,38)39)29-17-14-25(4)26(5)18-29/h7-18,23,30H,19-22H2,1-6H3,(H,33,37). The van der Waals surface area contributed by atoms with E-state index in [0.29, 0.717) is 18.7 Å². The predicted octanol–water partition coefficient (Wildman–Crippen LogP) is 4.79. The minimum absolute atomic E-state index is 0.163. The lowest BCUT2D eigenvalue weighted by atomic mass is 10.0. The number of amides is 2. The number of aryl methyl sites for hydroxylation is 3. The number of rotatable bonds is 12. The Hall–Kier alpha value is -3.65. The maximum Gasteiger partial charge on any atom is 0.244 e. The summed E-state index contributed by atoms with van der Waals surface area (Å²) in [7, 11) is -3.80. The van der Waals surface area contributed by atoms with Crippen LogP contribution < -0.4 is 9.62 Å². The van der Waals surface area contributed by atoms with Crippen LogP contribution in [-0.4, -0.2) is 50.5 Å². The van der Waals surface area contributed by atoms with E-state index >= 15 is 0 Å². The number of anilines is 1. The minimum atomic E-state index is -3.80. The largest absolute Gasteiger partial charge is 0.354 e. The molecule has 0 aliphatic rings. The number of nitrogens with one attached hydrogen (secondary N) is 1. The maximum atomic E-state index is 14.1. The molecule has 0 heterocycles. The van der Waals surface area contributed by atoms with Gasteiger partial charge in [-0.15, -0.1) is 0 Å². The molecule has 1 unspecified atom stereocenters. The third-order valence-corrected chi connectivity index (χ3v) is 8.03. The Labute approximate surface area is 239 Å². The number of hydrogen-bond donors (Lipinski definition) is 1. The van der Waals surface area contributed by atoms with Gasteiger partial charge in [0.1, 0.15) is 12.6 Å². The quantitative estimate of drug-likeness (QED) is 0.343. The predicted molar refractivity (Wildman–Crippen MR) is 162 cm³/mol. The number of carbonyl (C=O) groups excluding carboxylic acids is 2. The number of nitrogens with zero attached hydrogens (tertiary/aromatic N) is 2. The fourth-order valence-corrected chi connectivity index (χ4v) is 5.20. The van der Waals surface area contributed by atoms with Gasteiger partial charge >= 0.3 is 0 Å². The molecule has 3 rings (SSSR count). The molecule has 3 aromatic rings. The van der Waals surface area contributed by atoms with Crippen LogP contribution in [0.15, 0.2) is 72.8 Å². The lowest BCUT2D eigenvalue weighted by Gasteiger charge is -2.33. The van der Waals surface area contributed by atoms with Gasteiger partial charge in [-0.25, -0.2) is 8.42 Å². The van der Waals surface area contributed by atoms with E-state index in [1.807, 2.05) is 95.3 Å². The first-order valence-electron chi connectivity index (χ1n) is 13.6. The Kier molecular flexibility index (Phi) is 10.5. The van der Waals surface area contributed by atoms with Crippen LogP contribution >= 0.6 is 0 Å². The molecule has 0 bridgehead atoms. The normalized spacial score (nSPS) is 12.2. The molecule has 0 spiro atoms. The van der Waals surface area contributed by atoms with Gasteiger partial charge in [0.2, 0.25) is 21.8 Å². The zero-order chi connectivity index (χ0) is 29.4. The molecule has 1 atom stereocenters. The van der Waals surface area contributed by atoms with Gasteiger partial charge in [-0.05, 0) is 61.1 Å². The van der Waals surface area contributed by atoms with E-state index in [-0.39, 0.29) is 18.4 Å². The van der Waals surface area contributed by atoms with Gasteiger partial charge < -0.3 is 10.2 Å². The van der Waals surface area contributed by atoms with Crippen LogP contribution in [0.25, 0.3) is 0 Å². The van der Waals surface area contributed by atoms with Crippen LogP contribution in [0.1, 0.15) is 41.7 Å². The van der Waals surface area contributed by atoms with Gasteiger partial charge in [-0.2, -0.15) is 0 Å². The van der Waals surface area contributed by atoms with Crippen LogP contribution in [0.5, 0.6) is 0 Å². The Bertz CT molecular complexity index is 1400. The molecule has 7 nitrogen and oxygen atoms in total. The highest BCUT2D eigenvalue weighted by molar-refractivity contribution is 7.92. The van der Waals surface area contributed by atoms with Crippen molar-refractivity contribution < 1.29 is 18.0 Å². The molecule has 0 aliphatic carbocycles. The first-order chi connectivity index (χ1) is 18.8. The number of benzene rings is 3. The number of sulfonamides is 1. The Morgan fingerprint density at radius 2 is 1.50 bits per heavy atom. The van der Waals surface area contributed by atoms with Crippen LogP contribution in [0.3, 0.4) is 0 Å². The Balaban J connectivity index is 2.05. The Morgan fingerprint density at radius 3 is 2.08 bits per heavy atom. The number of carbonyl (C=O) groups is 2. The highest BCUT2D eigenvalue weighted by atomic mass is 32.2. The van der Waals surface area contributed by atoms with E-state index in [1.54, 1.807) is 12.1 Å². The van der Waals surface area contributed by atoms with Gasteiger partial charge in [-0.1, -0.05) is 80.1 Å². The monoisotopic (exact) mass is 563 g/mol. The molecular formula is C32H41N3O4S. The summed E-state index contributed by atoms with van der Waals surface area (Å²) in [6.07, 6.45) is 1.39. The van der Waals surface area contributed by atoms with E-state index in [4.69, 9.17) is 0 Å². The minimum Gasteiger partial charge on any atom is -0.354 e. The van der Waals surface area contributed by atoms with Crippen molar-refractivity contribution in [1.82, 2.24) is 10.2 Å². The third-order valence-electron chi connectivity index (χ3n) is 6.89. The van der Waals surface area contributed by atoms with Crippen molar-refractivity contribution in [2.75, 3.05) is 23.7 Å². The zero-order valence-electron chi connectivity index (χ0n) is 24.3. The van der Waals surface area contributed by atoms with Crippen molar-refractivity contribution in [2.45, 2.75) is 53.6 Å². The second-order valence-corrected chi connectivity index (χ2v) is 12.8. The number of hydrogen-bond acceptors (Lipinski definition) is 4. The smallest absolute Gasteiger partial charge is 0.244 e. The van der Waals surface area contributed by atoms with Crippen molar-refractivity contribution in [3.8, 4) is 0 Å². The lowest BCUT2D eigenvalue weighted by Crippen LogP contribution is -2.53. The third kappa shape index (κ3) is 8.68. The Morgan fingerprint density at radius 1 is 0.850 bits per heavy atom. The molecule has 0 radical (unpaired) electrons. The topological polar surface area (TPSA) is 86.8 Å². The highest BCUT2D eigenvalue weighted by Crippen LogP contribution is 2.23. The molecule has 0 fully saturated rings. The van der Waals surface area contributed by atoms with Crippen molar-refractivity contribution in [3.05, 3.63) is 101 Å². The molecular weight excluding hydrogens is 522 g/mol. The molecule has 2 amide bonds. The maximum absolute atomic E-state index is 14.1. The van der Waals surface area contributed by atoms with E-state index in [1.165, 1.54) is 4.90 Å². The van der Waals surface area contributed by atoms with Gasteiger partial charge in [-0.3, -0.25) is 13.9 Å².